The number of ether oxygens (including phenoxy) is 2. The fourth-order valence-corrected chi connectivity index (χ4v) is 3.40. The van der Waals surface area contributed by atoms with Gasteiger partial charge < -0.3 is 20.1 Å². The van der Waals surface area contributed by atoms with E-state index in [9.17, 15) is 4.79 Å². The number of methoxy groups -OCH3 is 1. The number of thiocarbonyl (C=S) groups is 1. The fourth-order valence-electron chi connectivity index (χ4n) is 2.65. The second kappa shape index (κ2) is 10.3. The van der Waals surface area contributed by atoms with Crippen LogP contribution in [0, 0.1) is 0 Å². The molecule has 0 unspecified atom stereocenters. The van der Waals surface area contributed by atoms with Crippen LogP contribution in [0.3, 0.4) is 0 Å². The van der Waals surface area contributed by atoms with Gasteiger partial charge in [-0.05, 0) is 54.2 Å². The maximum atomic E-state index is 12.5. The highest BCUT2D eigenvalue weighted by atomic mass is 35.5. The van der Waals surface area contributed by atoms with Crippen molar-refractivity contribution < 1.29 is 14.3 Å². The van der Waals surface area contributed by atoms with E-state index in [-0.39, 0.29) is 11.7 Å². The number of rotatable bonds is 6. The van der Waals surface area contributed by atoms with Gasteiger partial charge in [0.1, 0.15) is 12.4 Å². The number of nitrogens with one attached hydrogen (secondary N) is 2. The van der Waals surface area contributed by atoms with Crippen molar-refractivity contribution in [3.8, 4) is 5.75 Å². The van der Waals surface area contributed by atoms with Gasteiger partial charge in [-0.3, -0.25) is 0 Å². The van der Waals surface area contributed by atoms with Gasteiger partial charge in [0.15, 0.2) is 5.11 Å². The summed E-state index contributed by atoms with van der Waals surface area (Å²) in [6.45, 7) is 0.184. The summed E-state index contributed by atoms with van der Waals surface area (Å²) in [6, 6.07) is 19.4. The van der Waals surface area contributed by atoms with Gasteiger partial charge in [-0.15, -0.1) is 0 Å². The molecule has 0 aliphatic heterocycles. The Balaban J connectivity index is 1.70. The molecule has 3 aromatic carbocycles. The quantitative estimate of drug-likeness (QED) is 0.338. The predicted molar refractivity (Wildman–Crippen MR) is 125 cm³/mol. The Morgan fingerprint density at radius 1 is 0.967 bits per heavy atom. The molecule has 0 aliphatic rings. The molecule has 154 valence electrons. The molecule has 3 rings (SSSR count). The molecule has 0 fully saturated rings. The van der Waals surface area contributed by atoms with Crippen LogP contribution in [0.5, 0.6) is 5.75 Å². The third kappa shape index (κ3) is 6.10. The van der Waals surface area contributed by atoms with Gasteiger partial charge >= 0.3 is 5.97 Å². The molecule has 30 heavy (non-hydrogen) atoms. The lowest BCUT2D eigenvalue weighted by atomic mass is 10.2. The topological polar surface area (TPSA) is 59.6 Å². The highest BCUT2D eigenvalue weighted by Crippen LogP contribution is 2.27. The largest absolute Gasteiger partial charge is 0.495 e. The van der Waals surface area contributed by atoms with E-state index >= 15 is 0 Å². The number of esters is 1. The Hall–Kier alpha value is -2.80. The van der Waals surface area contributed by atoms with Crippen molar-refractivity contribution >= 4 is 57.9 Å². The number of hydrogen-bond donors (Lipinski definition) is 2. The number of hydrogen-bond acceptors (Lipinski definition) is 4. The van der Waals surface area contributed by atoms with E-state index in [1.165, 1.54) is 7.11 Å². The van der Waals surface area contributed by atoms with Crippen LogP contribution in [0.2, 0.25) is 10.0 Å². The van der Waals surface area contributed by atoms with Crippen LogP contribution in [0.1, 0.15) is 15.9 Å². The zero-order valence-electron chi connectivity index (χ0n) is 15.9. The van der Waals surface area contributed by atoms with Gasteiger partial charge in [-0.2, -0.15) is 0 Å². The van der Waals surface area contributed by atoms with Gasteiger partial charge in [-0.25, -0.2) is 4.79 Å². The molecule has 0 atom stereocenters. The van der Waals surface area contributed by atoms with Gasteiger partial charge in [-0.1, -0.05) is 53.5 Å². The van der Waals surface area contributed by atoms with Crippen LogP contribution in [0.15, 0.2) is 66.7 Å². The zero-order valence-corrected chi connectivity index (χ0v) is 18.3. The third-order valence-electron chi connectivity index (χ3n) is 4.02. The first-order valence-electron chi connectivity index (χ1n) is 8.88. The maximum Gasteiger partial charge on any atom is 0.338 e. The monoisotopic (exact) mass is 460 g/mol. The van der Waals surface area contributed by atoms with Gasteiger partial charge in [0.25, 0.3) is 0 Å². The minimum atomic E-state index is -0.454. The molecule has 0 aliphatic carbocycles. The van der Waals surface area contributed by atoms with Crippen LogP contribution < -0.4 is 15.4 Å². The summed E-state index contributed by atoms with van der Waals surface area (Å²) < 4.78 is 10.7. The molecule has 0 bridgehead atoms. The Morgan fingerprint density at radius 3 is 2.33 bits per heavy atom. The van der Waals surface area contributed by atoms with Crippen molar-refractivity contribution in [3.63, 3.8) is 0 Å². The lowest BCUT2D eigenvalue weighted by Gasteiger charge is -2.15. The summed E-state index contributed by atoms with van der Waals surface area (Å²) in [5.74, 6) is 0.0629. The van der Waals surface area contributed by atoms with Gasteiger partial charge in [0.2, 0.25) is 0 Å². The average Bonchev–Trinajstić information content (AvgIpc) is 2.72. The minimum Gasteiger partial charge on any atom is -0.495 e. The fraction of sp³-hybridized carbons (Fsp3) is 0.0909. The van der Waals surface area contributed by atoms with Crippen molar-refractivity contribution in [2.75, 3.05) is 17.7 Å². The molecule has 3 aromatic rings. The van der Waals surface area contributed by atoms with Crippen molar-refractivity contribution in [3.05, 3.63) is 87.9 Å². The summed E-state index contributed by atoms with van der Waals surface area (Å²) in [7, 11) is 1.53. The summed E-state index contributed by atoms with van der Waals surface area (Å²) in [5, 5.41) is 7.26. The van der Waals surface area contributed by atoms with Crippen molar-refractivity contribution in [1.29, 1.82) is 0 Å². The molecule has 0 spiro atoms. The second-order valence-electron chi connectivity index (χ2n) is 6.21. The highest BCUT2D eigenvalue weighted by molar-refractivity contribution is 7.80. The molecule has 0 aromatic heterocycles. The first-order valence-corrected chi connectivity index (χ1v) is 10.0. The Labute approximate surface area is 189 Å². The molecular formula is C22H18Cl2N2O3S. The second-order valence-corrected chi connectivity index (χ2v) is 7.50. The van der Waals surface area contributed by atoms with Crippen LogP contribution in [0.4, 0.5) is 11.4 Å². The lowest BCUT2D eigenvalue weighted by Crippen LogP contribution is -2.20. The van der Waals surface area contributed by atoms with E-state index in [1.807, 2.05) is 30.3 Å². The number of halogens is 2. The van der Waals surface area contributed by atoms with E-state index in [2.05, 4.69) is 10.6 Å². The van der Waals surface area contributed by atoms with E-state index in [0.29, 0.717) is 32.7 Å². The van der Waals surface area contributed by atoms with Gasteiger partial charge in [0, 0.05) is 15.7 Å². The van der Waals surface area contributed by atoms with Gasteiger partial charge in [0.05, 0.1) is 18.4 Å². The van der Waals surface area contributed by atoms with Crippen molar-refractivity contribution in [2.24, 2.45) is 0 Å². The molecule has 2 N–H and O–H groups in total. The van der Waals surface area contributed by atoms with Crippen molar-refractivity contribution in [1.82, 2.24) is 0 Å². The molecule has 8 heteroatoms. The van der Waals surface area contributed by atoms with Crippen LogP contribution in [0.25, 0.3) is 0 Å². The smallest absolute Gasteiger partial charge is 0.338 e. The molecular weight excluding hydrogens is 443 g/mol. The summed E-state index contributed by atoms with van der Waals surface area (Å²) >= 11 is 17.4. The lowest BCUT2D eigenvalue weighted by molar-refractivity contribution is 0.0473. The van der Waals surface area contributed by atoms with E-state index in [4.69, 9.17) is 44.9 Å². The number of anilines is 2. The Kier molecular flexibility index (Phi) is 7.52. The maximum absolute atomic E-state index is 12.5. The third-order valence-corrected chi connectivity index (χ3v) is 4.66. The normalized spacial score (nSPS) is 10.2. The predicted octanol–water partition coefficient (Wildman–Crippen LogP) is 6.17. The SMILES string of the molecule is COc1ccc(C(=O)OCc2ccccc2)cc1NC(=S)Nc1cc(Cl)cc(Cl)c1. The molecule has 0 saturated heterocycles. The standard InChI is InChI=1S/C22H18Cl2N2O3S/c1-28-20-8-7-15(21(27)29-13-14-5-3-2-4-6-14)9-19(20)26-22(30)25-18-11-16(23)10-17(24)12-18/h2-12H,13H2,1H3,(H2,25,26,30). The van der Waals surface area contributed by atoms with Crippen LogP contribution in [-0.2, 0) is 11.3 Å². The van der Waals surface area contributed by atoms with E-state index in [1.54, 1.807) is 36.4 Å². The summed E-state index contributed by atoms with van der Waals surface area (Å²) in [4.78, 5) is 12.5. The number of benzene rings is 3. The average molecular weight is 461 g/mol. The van der Waals surface area contributed by atoms with Crippen molar-refractivity contribution in [2.45, 2.75) is 6.61 Å². The first-order chi connectivity index (χ1) is 14.4. The Morgan fingerprint density at radius 2 is 1.67 bits per heavy atom. The number of carbonyl (C=O) groups excluding carboxylic acids is 1. The van der Waals surface area contributed by atoms with Crippen LogP contribution in [-0.4, -0.2) is 18.2 Å². The molecule has 0 heterocycles. The van der Waals surface area contributed by atoms with E-state index in [0.717, 1.165) is 5.56 Å². The van der Waals surface area contributed by atoms with E-state index < -0.39 is 5.97 Å². The number of carbonyl (C=O) groups is 1. The molecule has 0 saturated carbocycles. The van der Waals surface area contributed by atoms with Crippen LogP contribution >= 0.6 is 35.4 Å². The summed E-state index contributed by atoms with van der Waals surface area (Å²) in [6.07, 6.45) is 0. The molecule has 5 nitrogen and oxygen atoms in total. The Bertz CT molecular complexity index is 1040. The summed E-state index contributed by atoms with van der Waals surface area (Å²) in [5.41, 5.74) is 2.41. The molecule has 0 amide bonds. The first kappa shape index (κ1) is 21.9. The minimum absolute atomic E-state index is 0.184. The highest BCUT2D eigenvalue weighted by Gasteiger charge is 2.13. The zero-order chi connectivity index (χ0) is 21.5. The molecule has 0 radical (unpaired) electrons.